The number of carbonyl (C=O) groups excluding carboxylic acids is 1. The first-order valence-electron chi connectivity index (χ1n) is 7.59. The van der Waals surface area contributed by atoms with Gasteiger partial charge in [0, 0.05) is 12.6 Å². The number of hydrogen-bond donors (Lipinski definition) is 3. The van der Waals surface area contributed by atoms with E-state index in [4.69, 9.17) is 5.11 Å². The highest BCUT2D eigenvalue weighted by Crippen LogP contribution is 2.32. The van der Waals surface area contributed by atoms with E-state index in [0.717, 1.165) is 25.9 Å². The minimum absolute atomic E-state index is 0.109. The number of carboxylic acids is 1. The number of carboxylic acid groups (broad SMARTS) is 1. The lowest BCUT2D eigenvalue weighted by Crippen LogP contribution is -2.50. The second-order valence-corrected chi connectivity index (χ2v) is 5.95. The fourth-order valence-corrected chi connectivity index (χ4v) is 2.73. The van der Waals surface area contributed by atoms with Gasteiger partial charge in [0.15, 0.2) is 0 Å². The molecule has 3 N–H and O–H groups in total. The first-order valence-corrected chi connectivity index (χ1v) is 7.59. The molecule has 2 aliphatic rings. The summed E-state index contributed by atoms with van der Waals surface area (Å²) in [4.78, 5) is 25.2. The molecule has 0 aromatic heterocycles. The molecule has 0 radical (unpaired) electrons. The first-order chi connectivity index (χ1) is 9.58. The topological polar surface area (TPSA) is 81.7 Å². The SMILES string of the molecule is CC(CNC(=O)NC(C(=O)O)C1CC1)N1CCCCC1. The van der Waals surface area contributed by atoms with Crippen LogP contribution in [-0.2, 0) is 4.79 Å². The summed E-state index contributed by atoms with van der Waals surface area (Å²) in [5, 5.41) is 14.4. The molecule has 1 aliphatic carbocycles. The van der Waals surface area contributed by atoms with E-state index in [0.29, 0.717) is 12.6 Å². The van der Waals surface area contributed by atoms with Gasteiger partial charge in [-0.3, -0.25) is 4.90 Å². The molecule has 20 heavy (non-hydrogen) atoms. The van der Waals surface area contributed by atoms with E-state index in [1.807, 2.05) is 0 Å². The number of nitrogens with zero attached hydrogens (tertiary/aromatic N) is 1. The molecule has 1 aliphatic heterocycles. The molecule has 2 fully saturated rings. The van der Waals surface area contributed by atoms with Crippen molar-refractivity contribution in [3.8, 4) is 0 Å². The number of aliphatic carboxylic acids is 1. The predicted molar refractivity (Wildman–Crippen MR) is 75.6 cm³/mol. The Morgan fingerprint density at radius 2 is 1.90 bits per heavy atom. The number of carbonyl (C=O) groups is 2. The highest BCUT2D eigenvalue weighted by atomic mass is 16.4. The summed E-state index contributed by atoms with van der Waals surface area (Å²) in [7, 11) is 0. The maximum atomic E-state index is 11.8. The van der Waals surface area contributed by atoms with Crippen LogP contribution in [0, 0.1) is 5.92 Å². The number of urea groups is 1. The number of rotatable bonds is 6. The van der Waals surface area contributed by atoms with Gasteiger partial charge in [0.2, 0.25) is 0 Å². The Bertz CT molecular complexity index is 352. The molecule has 1 saturated heterocycles. The van der Waals surface area contributed by atoms with Crippen LogP contribution in [0.2, 0.25) is 0 Å². The molecule has 0 aromatic carbocycles. The molecule has 0 spiro atoms. The molecule has 0 aromatic rings. The Morgan fingerprint density at radius 1 is 1.25 bits per heavy atom. The molecule has 2 rings (SSSR count). The summed E-state index contributed by atoms with van der Waals surface area (Å²) < 4.78 is 0. The lowest BCUT2D eigenvalue weighted by atomic mass is 10.1. The lowest BCUT2D eigenvalue weighted by molar-refractivity contribution is -0.139. The minimum atomic E-state index is -0.938. The van der Waals surface area contributed by atoms with Crippen LogP contribution >= 0.6 is 0 Å². The van der Waals surface area contributed by atoms with Crippen molar-refractivity contribution in [3.63, 3.8) is 0 Å². The van der Waals surface area contributed by atoms with E-state index in [1.54, 1.807) is 0 Å². The summed E-state index contributed by atoms with van der Waals surface area (Å²) in [5.74, 6) is -0.829. The Kier molecular flexibility index (Phi) is 5.23. The van der Waals surface area contributed by atoms with Crippen molar-refractivity contribution in [1.29, 1.82) is 0 Å². The molecule has 2 unspecified atom stereocenters. The van der Waals surface area contributed by atoms with Crippen molar-refractivity contribution in [2.45, 2.75) is 51.1 Å². The number of nitrogens with one attached hydrogen (secondary N) is 2. The fraction of sp³-hybridized carbons (Fsp3) is 0.857. The molecular formula is C14H25N3O3. The van der Waals surface area contributed by atoms with Crippen LogP contribution in [-0.4, -0.2) is 53.7 Å². The van der Waals surface area contributed by atoms with Crippen LogP contribution in [0.4, 0.5) is 4.79 Å². The molecule has 6 heteroatoms. The molecule has 1 saturated carbocycles. The maximum Gasteiger partial charge on any atom is 0.326 e. The van der Waals surface area contributed by atoms with Crippen molar-refractivity contribution in [3.05, 3.63) is 0 Å². The predicted octanol–water partition coefficient (Wildman–Crippen LogP) is 1.02. The lowest BCUT2D eigenvalue weighted by Gasteiger charge is -2.32. The summed E-state index contributed by atoms with van der Waals surface area (Å²) >= 11 is 0. The zero-order chi connectivity index (χ0) is 14.5. The van der Waals surface area contributed by atoms with Gasteiger partial charge >= 0.3 is 12.0 Å². The van der Waals surface area contributed by atoms with Crippen LogP contribution in [0.5, 0.6) is 0 Å². The molecular weight excluding hydrogens is 258 g/mol. The molecule has 1 heterocycles. The van der Waals surface area contributed by atoms with Crippen molar-refractivity contribution in [2.75, 3.05) is 19.6 Å². The Morgan fingerprint density at radius 3 is 2.45 bits per heavy atom. The summed E-state index contributed by atoms with van der Waals surface area (Å²) in [6, 6.07) is -0.807. The summed E-state index contributed by atoms with van der Waals surface area (Å²) in [6.07, 6.45) is 5.51. The van der Waals surface area contributed by atoms with Crippen LogP contribution in [0.25, 0.3) is 0 Å². The van der Waals surface area contributed by atoms with Crippen molar-refractivity contribution >= 4 is 12.0 Å². The Labute approximate surface area is 119 Å². The van der Waals surface area contributed by atoms with Crippen molar-refractivity contribution in [2.24, 2.45) is 5.92 Å². The van der Waals surface area contributed by atoms with E-state index >= 15 is 0 Å². The average molecular weight is 283 g/mol. The first kappa shape index (κ1) is 15.1. The van der Waals surface area contributed by atoms with Crippen molar-refractivity contribution in [1.82, 2.24) is 15.5 Å². The Balaban J connectivity index is 1.69. The number of amides is 2. The highest BCUT2D eigenvalue weighted by molar-refractivity contribution is 5.83. The standard InChI is InChI=1S/C14H25N3O3/c1-10(17-7-3-2-4-8-17)9-15-14(20)16-12(13(18)19)11-5-6-11/h10-12H,2-9H2,1H3,(H,18,19)(H2,15,16,20). The molecule has 6 nitrogen and oxygen atoms in total. The quantitative estimate of drug-likeness (QED) is 0.680. The van der Waals surface area contributed by atoms with E-state index in [2.05, 4.69) is 22.5 Å². The molecule has 0 bridgehead atoms. The number of hydrogen-bond acceptors (Lipinski definition) is 3. The minimum Gasteiger partial charge on any atom is -0.480 e. The van der Waals surface area contributed by atoms with Crippen LogP contribution in [0.3, 0.4) is 0 Å². The van der Waals surface area contributed by atoms with Gasteiger partial charge in [0.05, 0.1) is 0 Å². The zero-order valence-corrected chi connectivity index (χ0v) is 12.1. The maximum absolute atomic E-state index is 11.8. The van der Waals surface area contributed by atoms with Gasteiger partial charge in [-0.2, -0.15) is 0 Å². The smallest absolute Gasteiger partial charge is 0.326 e. The number of likely N-dealkylation sites (tertiary alicyclic amines) is 1. The summed E-state index contributed by atoms with van der Waals surface area (Å²) in [5.41, 5.74) is 0. The van der Waals surface area contributed by atoms with E-state index in [-0.39, 0.29) is 11.9 Å². The average Bonchev–Trinajstić information content (AvgIpc) is 3.27. The van der Waals surface area contributed by atoms with Gasteiger partial charge in [0.25, 0.3) is 0 Å². The van der Waals surface area contributed by atoms with E-state index in [9.17, 15) is 9.59 Å². The van der Waals surface area contributed by atoms with Gasteiger partial charge in [-0.15, -0.1) is 0 Å². The third kappa shape index (κ3) is 4.37. The van der Waals surface area contributed by atoms with Gasteiger partial charge in [0.1, 0.15) is 6.04 Å². The number of piperidine rings is 1. The largest absolute Gasteiger partial charge is 0.480 e. The third-order valence-corrected chi connectivity index (χ3v) is 4.22. The zero-order valence-electron chi connectivity index (χ0n) is 12.1. The van der Waals surface area contributed by atoms with Gasteiger partial charge in [-0.1, -0.05) is 6.42 Å². The summed E-state index contributed by atoms with van der Waals surface area (Å²) in [6.45, 7) is 4.83. The monoisotopic (exact) mass is 283 g/mol. The van der Waals surface area contributed by atoms with Crippen LogP contribution in [0.15, 0.2) is 0 Å². The third-order valence-electron chi connectivity index (χ3n) is 4.22. The second-order valence-electron chi connectivity index (χ2n) is 5.95. The second kappa shape index (κ2) is 6.92. The Hall–Kier alpha value is -1.30. The fourth-order valence-electron chi connectivity index (χ4n) is 2.73. The normalized spacial score (nSPS) is 22.9. The molecule has 2 atom stereocenters. The van der Waals surface area contributed by atoms with Crippen molar-refractivity contribution < 1.29 is 14.7 Å². The highest BCUT2D eigenvalue weighted by Gasteiger charge is 2.37. The van der Waals surface area contributed by atoms with Gasteiger partial charge in [-0.25, -0.2) is 9.59 Å². The van der Waals surface area contributed by atoms with Gasteiger partial charge in [-0.05, 0) is 51.6 Å². The van der Waals surface area contributed by atoms with E-state index < -0.39 is 12.0 Å². The molecule has 2 amide bonds. The van der Waals surface area contributed by atoms with Gasteiger partial charge < -0.3 is 15.7 Å². The van der Waals surface area contributed by atoms with E-state index in [1.165, 1.54) is 19.3 Å². The molecule has 114 valence electrons. The van der Waals surface area contributed by atoms with Crippen LogP contribution < -0.4 is 10.6 Å². The van der Waals surface area contributed by atoms with Crippen LogP contribution in [0.1, 0.15) is 39.0 Å².